The minimum Gasteiger partial charge on any atom is -0.391 e. The number of aliphatic hydroxyl groups is 1. The van der Waals surface area contributed by atoms with E-state index < -0.39 is 12.1 Å². The number of piperazine rings is 1. The summed E-state index contributed by atoms with van der Waals surface area (Å²) in [5, 5.41) is 11.7. The molecule has 5 nitrogen and oxygen atoms in total. The predicted octanol–water partition coefficient (Wildman–Crippen LogP) is -1.92. The third kappa shape index (κ3) is 0.972. The van der Waals surface area contributed by atoms with E-state index in [9.17, 15) is 14.7 Å². The molecule has 66 valence electrons. The second-order valence-electron chi connectivity index (χ2n) is 3.17. The van der Waals surface area contributed by atoms with Crippen LogP contribution < -0.4 is 5.32 Å². The molecular formula is C7H10N2O3. The third-order valence-corrected chi connectivity index (χ3v) is 2.32. The van der Waals surface area contributed by atoms with E-state index in [0.29, 0.717) is 13.0 Å². The minimum atomic E-state index is -0.539. The number of nitrogens with one attached hydrogen (secondary N) is 1. The average molecular weight is 170 g/mol. The van der Waals surface area contributed by atoms with E-state index in [1.165, 1.54) is 4.90 Å². The van der Waals surface area contributed by atoms with E-state index in [0.717, 1.165) is 0 Å². The second kappa shape index (κ2) is 2.45. The molecule has 0 radical (unpaired) electrons. The van der Waals surface area contributed by atoms with Gasteiger partial charge in [0, 0.05) is 13.0 Å². The first-order valence-electron chi connectivity index (χ1n) is 3.94. The lowest BCUT2D eigenvalue weighted by molar-refractivity contribution is -0.143. The molecular weight excluding hydrogens is 160 g/mol. The number of amides is 2. The van der Waals surface area contributed by atoms with Crippen LogP contribution in [0.25, 0.3) is 0 Å². The summed E-state index contributed by atoms with van der Waals surface area (Å²) < 4.78 is 0. The van der Waals surface area contributed by atoms with Crippen LogP contribution in [-0.2, 0) is 9.59 Å². The monoisotopic (exact) mass is 170 g/mol. The van der Waals surface area contributed by atoms with Crippen LogP contribution in [-0.4, -0.2) is 47.1 Å². The van der Waals surface area contributed by atoms with Gasteiger partial charge in [0.25, 0.3) is 0 Å². The Bertz CT molecular complexity index is 217. The summed E-state index contributed by atoms with van der Waals surface area (Å²) in [5.74, 6) is -0.248. The zero-order chi connectivity index (χ0) is 8.72. The van der Waals surface area contributed by atoms with Gasteiger partial charge in [0.2, 0.25) is 11.8 Å². The van der Waals surface area contributed by atoms with Crippen molar-refractivity contribution in [2.24, 2.45) is 0 Å². The van der Waals surface area contributed by atoms with Crippen molar-refractivity contribution in [3.63, 3.8) is 0 Å². The van der Waals surface area contributed by atoms with Gasteiger partial charge in [-0.15, -0.1) is 0 Å². The number of hydrogen-bond donors (Lipinski definition) is 2. The molecule has 12 heavy (non-hydrogen) atoms. The number of carbonyl (C=O) groups excluding carboxylic acids is 2. The predicted molar refractivity (Wildman–Crippen MR) is 39.1 cm³/mol. The second-order valence-corrected chi connectivity index (χ2v) is 3.17. The van der Waals surface area contributed by atoms with Crippen molar-refractivity contribution in [2.45, 2.75) is 18.6 Å². The topological polar surface area (TPSA) is 69.6 Å². The maximum atomic E-state index is 11.2. The van der Waals surface area contributed by atoms with Gasteiger partial charge in [-0.2, -0.15) is 0 Å². The van der Waals surface area contributed by atoms with Gasteiger partial charge in [-0.05, 0) is 0 Å². The Morgan fingerprint density at radius 3 is 2.92 bits per heavy atom. The smallest absolute Gasteiger partial charge is 0.243 e. The highest BCUT2D eigenvalue weighted by Crippen LogP contribution is 2.19. The zero-order valence-corrected chi connectivity index (χ0v) is 6.49. The molecule has 2 heterocycles. The van der Waals surface area contributed by atoms with E-state index in [2.05, 4.69) is 5.32 Å². The van der Waals surface area contributed by atoms with Crippen LogP contribution in [0.15, 0.2) is 0 Å². The Morgan fingerprint density at radius 1 is 1.50 bits per heavy atom. The van der Waals surface area contributed by atoms with Gasteiger partial charge in [-0.1, -0.05) is 0 Å². The van der Waals surface area contributed by atoms with Crippen LogP contribution in [0.4, 0.5) is 0 Å². The Kier molecular flexibility index (Phi) is 1.54. The van der Waals surface area contributed by atoms with Crippen molar-refractivity contribution in [3.8, 4) is 0 Å². The standard InChI is InChI=1S/C7H10N2O3/c10-4-1-5-7(12)8-2-6(11)9(5)3-4/h4-5,10H,1-3H2,(H,8,12)/t4-,5+/m1/s1. The molecule has 0 aliphatic carbocycles. The number of hydrogen-bond acceptors (Lipinski definition) is 3. The lowest BCUT2D eigenvalue weighted by atomic mass is 10.1. The molecule has 0 saturated carbocycles. The van der Waals surface area contributed by atoms with Crippen molar-refractivity contribution >= 4 is 11.8 Å². The summed E-state index contributed by atoms with van der Waals surface area (Å²) in [6.45, 7) is 0.374. The summed E-state index contributed by atoms with van der Waals surface area (Å²) in [6.07, 6.45) is -0.166. The van der Waals surface area contributed by atoms with Crippen molar-refractivity contribution in [2.75, 3.05) is 13.1 Å². The summed E-state index contributed by atoms with van der Waals surface area (Å²) in [6, 6.07) is -0.429. The van der Waals surface area contributed by atoms with Gasteiger partial charge in [-0.3, -0.25) is 9.59 Å². The molecule has 0 unspecified atom stereocenters. The fourth-order valence-electron chi connectivity index (χ4n) is 1.72. The molecule has 0 bridgehead atoms. The first kappa shape index (κ1) is 7.54. The Balaban J connectivity index is 2.20. The molecule has 0 aromatic heterocycles. The van der Waals surface area contributed by atoms with Crippen molar-refractivity contribution in [1.82, 2.24) is 10.2 Å². The molecule has 2 atom stereocenters. The van der Waals surface area contributed by atoms with Gasteiger partial charge in [0.15, 0.2) is 0 Å². The van der Waals surface area contributed by atoms with Crippen LogP contribution in [0.1, 0.15) is 6.42 Å². The number of fused-ring (bicyclic) bond motifs is 1. The number of rotatable bonds is 0. The highest BCUT2D eigenvalue weighted by Gasteiger charge is 2.41. The highest BCUT2D eigenvalue weighted by atomic mass is 16.3. The molecule has 2 amide bonds. The van der Waals surface area contributed by atoms with E-state index in [1.807, 2.05) is 0 Å². The molecule has 2 aliphatic heterocycles. The van der Waals surface area contributed by atoms with Crippen LogP contribution in [0.5, 0.6) is 0 Å². The summed E-state index contributed by atoms with van der Waals surface area (Å²) >= 11 is 0. The van der Waals surface area contributed by atoms with Crippen LogP contribution in [0, 0.1) is 0 Å². The molecule has 0 aromatic carbocycles. The molecule has 0 aromatic rings. The van der Waals surface area contributed by atoms with Gasteiger partial charge in [0.05, 0.1) is 12.6 Å². The van der Waals surface area contributed by atoms with Gasteiger partial charge in [0.1, 0.15) is 6.04 Å². The maximum Gasteiger partial charge on any atom is 0.243 e. The molecule has 2 N–H and O–H groups in total. The first-order chi connectivity index (χ1) is 5.68. The van der Waals surface area contributed by atoms with Gasteiger partial charge in [-0.25, -0.2) is 0 Å². The highest BCUT2D eigenvalue weighted by molar-refractivity contribution is 5.95. The lowest BCUT2D eigenvalue weighted by Crippen LogP contribution is -2.55. The van der Waals surface area contributed by atoms with E-state index in [4.69, 9.17) is 0 Å². The molecule has 5 heteroatoms. The summed E-state index contributed by atoms with van der Waals surface area (Å²) in [7, 11) is 0. The lowest BCUT2D eigenvalue weighted by Gasteiger charge is -2.28. The molecule has 2 saturated heterocycles. The largest absolute Gasteiger partial charge is 0.391 e. The Morgan fingerprint density at radius 2 is 2.25 bits per heavy atom. The van der Waals surface area contributed by atoms with Crippen molar-refractivity contribution < 1.29 is 14.7 Å². The summed E-state index contributed by atoms with van der Waals surface area (Å²) in [4.78, 5) is 23.8. The SMILES string of the molecule is O=C1NCC(=O)N2C[C@H](O)C[C@@H]12. The zero-order valence-electron chi connectivity index (χ0n) is 6.49. The van der Waals surface area contributed by atoms with Gasteiger partial charge >= 0.3 is 0 Å². The molecule has 2 rings (SSSR count). The molecule has 2 fully saturated rings. The Hall–Kier alpha value is -1.10. The molecule has 0 spiro atoms. The quantitative estimate of drug-likeness (QED) is 0.445. The van der Waals surface area contributed by atoms with E-state index in [-0.39, 0.29) is 18.4 Å². The van der Waals surface area contributed by atoms with Crippen molar-refractivity contribution in [1.29, 1.82) is 0 Å². The maximum absolute atomic E-state index is 11.2. The number of nitrogens with zero attached hydrogens (tertiary/aromatic N) is 1. The fourth-order valence-corrected chi connectivity index (χ4v) is 1.72. The number of carbonyl (C=O) groups is 2. The normalized spacial score (nSPS) is 34.9. The van der Waals surface area contributed by atoms with Gasteiger partial charge < -0.3 is 15.3 Å². The third-order valence-electron chi connectivity index (χ3n) is 2.32. The summed E-state index contributed by atoms with van der Waals surface area (Å²) in [5.41, 5.74) is 0. The van der Waals surface area contributed by atoms with Crippen molar-refractivity contribution in [3.05, 3.63) is 0 Å². The van der Waals surface area contributed by atoms with E-state index >= 15 is 0 Å². The van der Waals surface area contributed by atoms with Crippen LogP contribution in [0.3, 0.4) is 0 Å². The van der Waals surface area contributed by atoms with Crippen LogP contribution in [0.2, 0.25) is 0 Å². The Labute approximate surface area is 69.3 Å². The average Bonchev–Trinajstić information content (AvgIpc) is 2.41. The number of aliphatic hydroxyl groups excluding tert-OH is 1. The molecule has 2 aliphatic rings. The van der Waals surface area contributed by atoms with Crippen LogP contribution >= 0.6 is 0 Å². The van der Waals surface area contributed by atoms with E-state index in [1.54, 1.807) is 0 Å². The fraction of sp³-hybridized carbons (Fsp3) is 0.714. The minimum absolute atomic E-state index is 0.0715. The first-order valence-corrected chi connectivity index (χ1v) is 3.94.